The Kier molecular flexibility index (Phi) is 6.60. The average molecular weight is 366 g/mol. The number of para-hydroxylation sites is 1. The third kappa shape index (κ3) is 4.95. The van der Waals surface area contributed by atoms with E-state index < -0.39 is 0 Å². The molecule has 1 aliphatic heterocycles. The number of benzene rings is 2. The summed E-state index contributed by atoms with van der Waals surface area (Å²) in [5.41, 5.74) is 2.65. The van der Waals surface area contributed by atoms with Crippen LogP contribution in [0.4, 0.5) is 5.69 Å². The van der Waals surface area contributed by atoms with Crippen molar-refractivity contribution < 1.29 is 14.3 Å². The summed E-state index contributed by atoms with van der Waals surface area (Å²) in [6.07, 6.45) is 4.41. The van der Waals surface area contributed by atoms with Gasteiger partial charge in [0.2, 0.25) is 0 Å². The van der Waals surface area contributed by atoms with Gasteiger partial charge in [0.1, 0.15) is 0 Å². The van der Waals surface area contributed by atoms with Gasteiger partial charge in [-0.1, -0.05) is 37.1 Å². The topological polar surface area (TPSA) is 58.6 Å². The second-order valence-corrected chi connectivity index (χ2v) is 6.84. The molecule has 1 saturated heterocycles. The van der Waals surface area contributed by atoms with E-state index in [1.54, 1.807) is 31.4 Å². The SMILES string of the molecule is COCc1ccc(C(=O)Nc2ccccc2C(=O)N2CCCCCC2)cc1. The monoisotopic (exact) mass is 366 g/mol. The number of ether oxygens (including phenoxy) is 1. The predicted octanol–water partition coefficient (Wildman–Crippen LogP) is 4.10. The summed E-state index contributed by atoms with van der Waals surface area (Å²) < 4.78 is 5.09. The molecule has 0 saturated carbocycles. The van der Waals surface area contributed by atoms with Gasteiger partial charge in [0.15, 0.2) is 0 Å². The molecule has 0 aromatic heterocycles. The van der Waals surface area contributed by atoms with E-state index in [-0.39, 0.29) is 11.8 Å². The summed E-state index contributed by atoms with van der Waals surface area (Å²) in [6, 6.07) is 14.5. The van der Waals surface area contributed by atoms with Gasteiger partial charge in [0.25, 0.3) is 11.8 Å². The first-order chi connectivity index (χ1) is 13.2. The van der Waals surface area contributed by atoms with Crippen LogP contribution in [-0.2, 0) is 11.3 Å². The number of carbonyl (C=O) groups excluding carboxylic acids is 2. The van der Waals surface area contributed by atoms with Crippen LogP contribution in [-0.4, -0.2) is 36.9 Å². The molecule has 0 atom stereocenters. The largest absolute Gasteiger partial charge is 0.380 e. The van der Waals surface area contributed by atoms with Gasteiger partial charge in [-0.2, -0.15) is 0 Å². The first kappa shape index (κ1) is 19.1. The number of anilines is 1. The van der Waals surface area contributed by atoms with Crippen LogP contribution in [0.1, 0.15) is 52.0 Å². The van der Waals surface area contributed by atoms with Crippen molar-refractivity contribution >= 4 is 17.5 Å². The van der Waals surface area contributed by atoms with Gasteiger partial charge in [-0.25, -0.2) is 0 Å². The zero-order valence-electron chi connectivity index (χ0n) is 15.7. The number of nitrogens with zero attached hydrogens (tertiary/aromatic N) is 1. The second-order valence-electron chi connectivity index (χ2n) is 6.84. The molecule has 0 radical (unpaired) electrons. The molecule has 0 spiro atoms. The lowest BCUT2D eigenvalue weighted by Gasteiger charge is -2.22. The van der Waals surface area contributed by atoms with Gasteiger partial charge in [0.05, 0.1) is 17.9 Å². The Bertz CT molecular complexity index is 778. The smallest absolute Gasteiger partial charge is 0.255 e. The highest BCUT2D eigenvalue weighted by Crippen LogP contribution is 2.21. The Morgan fingerprint density at radius 3 is 2.30 bits per heavy atom. The van der Waals surface area contributed by atoms with Crippen molar-refractivity contribution in [3.63, 3.8) is 0 Å². The molecule has 5 nitrogen and oxygen atoms in total. The van der Waals surface area contributed by atoms with E-state index in [9.17, 15) is 9.59 Å². The molecular weight excluding hydrogens is 340 g/mol. The van der Waals surface area contributed by atoms with Crippen molar-refractivity contribution in [3.8, 4) is 0 Å². The number of methoxy groups -OCH3 is 1. The van der Waals surface area contributed by atoms with Crippen LogP contribution in [0.2, 0.25) is 0 Å². The number of hydrogen-bond acceptors (Lipinski definition) is 3. The number of rotatable bonds is 5. The zero-order chi connectivity index (χ0) is 19.1. The molecule has 2 aromatic carbocycles. The number of likely N-dealkylation sites (tertiary alicyclic amines) is 1. The number of nitrogens with one attached hydrogen (secondary N) is 1. The molecule has 0 unspecified atom stereocenters. The Balaban J connectivity index is 1.75. The van der Waals surface area contributed by atoms with Crippen LogP contribution in [0.5, 0.6) is 0 Å². The fourth-order valence-electron chi connectivity index (χ4n) is 3.34. The van der Waals surface area contributed by atoms with Crippen LogP contribution in [0.25, 0.3) is 0 Å². The minimum atomic E-state index is -0.227. The quantitative estimate of drug-likeness (QED) is 0.867. The van der Waals surface area contributed by atoms with Gasteiger partial charge in [-0.3, -0.25) is 9.59 Å². The molecule has 2 aromatic rings. The summed E-state index contributed by atoms with van der Waals surface area (Å²) >= 11 is 0. The molecule has 1 N–H and O–H groups in total. The molecule has 1 aliphatic rings. The molecule has 142 valence electrons. The molecular formula is C22H26N2O3. The molecule has 2 amide bonds. The van der Waals surface area contributed by atoms with Crippen LogP contribution < -0.4 is 5.32 Å². The molecule has 27 heavy (non-hydrogen) atoms. The van der Waals surface area contributed by atoms with E-state index in [1.807, 2.05) is 29.2 Å². The minimum Gasteiger partial charge on any atom is -0.380 e. The highest BCUT2D eigenvalue weighted by Gasteiger charge is 2.20. The lowest BCUT2D eigenvalue weighted by Crippen LogP contribution is -2.32. The van der Waals surface area contributed by atoms with Gasteiger partial charge < -0.3 is 15.0 Å². The van der Waals surface area contributed by atoms with E-state index in [2.05, 4.69) is 5.32 Å². The standard InChI is InChI=1S/C22H26N2O3/c1-27-16-17-10-12-18(13-11-17)21(25)23-20-9-5-4-8-19(20)22(26)24-14-6-2-3-7-15-24/h4-5,8-13H,2-3,6-7,14-16H2,1H3,(H,23,25). The zero-order valence-corrected chi connectivity index (χ0v) is 15.7. The Morgan fingerprint density at radius 1 is 0.963 bits per heavy atom. The van der Waals surface area contributed by atoms with Crippen LogP contribution in [0.15, 0.2) is 48.5 Å². The first-order valence-electron chi connectivity index (χ1n) is 9.46. The fraction of sp³-hybridized carbons (Fsp3) is 0.364. The summed E-state index contributed by atoms with van der Waals surface area (Å²) in [5, 5.41) is 2.90. The third-order valence-corrected chi connectivity index (χ3v) is 4.83. The van der Waals surface area contributed by atoms with Gasteiger partial charge in [-0.05, 0) is 42.7 Å². The van der Waals surface area contributed by atoms with Crippen molar-refractivity contribution in [3.05, 3.63) is 65.2 Å². The average Bonchev–Trinajstić information content (AvgIpc) is 2.98. The maximum absolute atomic E-state index is 13.0. The summed E-state index contributed by atoms with van der Waals surface area (Å²) in [7, 11) is 1.64. The molecule has 1 fully saturated rings. The maximum Gasteiger partial charge on any atom is 0.255 e. The highest BCUT2D eigenvalue weighted by molar-refractivity contribution is 6.09. The van der Waals surface area contributed by atoms with E-state index in [1.165, 1.54) is 12.8 Å². The van der Waals surface area contributed by atoms with Crippen molar-refractivity contribution in [2.45, 2.75) is 32.3 Å². The van der Waals surface area contributed by atoms with Crippen LogP contribution in [0.3, 0.4) is 0 Å². The minimum absolute atomic E-state index is 0.0109. The number of amides is 2. The van der Waals surface area contributed by atoms with Gasteiger partial charge >= 0.3 is 0 Å². The normalized spacial score (nSPS) is 14.5. The van der Waals surface area contributed by atoms with Gasteiger partial charge in [0, 0.05) is 25.8 Å². The first-order valence-corrected chi connectivity index (χ1v) is 9.46. The lowest BCUT2D eigenvalue weighted by molar-refractivity contribution is 0.0762. The number of hydrogen-bond donors (Lipinski definition) is 1. The Morgan fingerprint density at radius 2 is 1.63 bits per heavy atom. The van der Waals surface area contributed by atoms with E-state index >= 15 is 0 Å². The van der Waals surface area contributed by atoms with Crippen LogP contribution >= 0.6 is 0 Å². The van der Waals surface area contributed by atoms with E-state index in [0.29, 0.717) is 23.4 Å². The number of carbonyl (C=O) groups is 2. The molecule has 1 heterocycles. The van der Waals surface area contributed by atoms with Crippen molar-refractivity contribution in [1.29, 1.82) is 0 Å². The highest BCUT2D eigenvalue weighted by atomic mass is 16.5. The Hall–Kier alpha value is -2.66. The molecule has 3 rings (SSSR count). The van der Waals surface area contributed by atoms with Crippen molar-refractivity contribution in [2.75, 3.05) is 25.5 Å². The Labute approximate surface area is 160 Å². The van der Waals surface area contributed by atoms with Crippen LogP contribution in [0, 0.1) is 0 Å². The van der Waals surface area contributed by atoms with Crippen molar-refractivity contribution in [2.24, 2.45) is 0 Å². The molecule has 0 aliphatic carbocycles. The summed E-state index contributed by atoms with van der Waals surface area (Å²) in [4.78, 5) is 27.5. The van der Waals surface area contributed by atoms with E-state index in [0.717, 1.165) is 31.5 Å². The third-order valence-electron chi connectivity index (χ3n) is 4.83. The molecule has 5 heteroatoms. The predicted molar refractivity (Wildman–Crippen MR) is 106 cm³/mol. The summed E-state index contributed by atoms with van der Waals surface area (Å²) in [5.74, 6) is -0.238. The lowest BCUT2D eigenvalue weighted by atomic mass is 10.1. The molecule has 0 bridgehead atoms. The van der Waals surface area contributed by atoms with E-state index in [4.69, 9.17) is 4.74 Å². The van der Waals surface area contributed by atoms with Gasteiger partial charge in [-0.15, -0.1) is 0 Å². The fourth-order valence-corrected chi connectivity index (χ4v) is 3.34. The van der Waals surface area contributed by atoms with Crippen molar-refractivity contribution in [1.82, 2.24) is 4.90 Å². The maximum atomic E-state index is 13.0. The summed E-state index contributed by atoms with van der Waals surface area (Å²) in [6.45, 7) is 2.07. The second kappa shape index (κ2) is 9.33.